The highest BCUT2D eigenvalue weighted by Gasteiger charge is 2.32. The van der Waals surface area contributed by atoms with E-state index in [4.69, 9.17) is 9.47 Å². The van der Waals surface area contributed by atoms with Crippen molar-refractivity contribution in [3.63, 3.8) is 0 Å². The van der Waals surface area contributed by atoms with Gasteiger partial charge in [-0.2, -0.15) is 0 Å². The highest BCUT2D eigenvalue weighted by molar-refractivity contribution is 5.02. The van der Waals surface area contributed by atoms with E-state index in [0.717, 1.165) is 39.1 Å². The van der Waals surface area contributed by atoms with Crippen molar-refractivity contribution in [2.45, 2.75) is 25.6 Å². The van der Waals surface area contributed by atoms with Gasteiger partial charge in [0.25, 0.3) is 0 Å². The second-order valence-electron chi connectivity index (χ2n) is 4.67. The molecular formula is C13H26N2O2. The summed E-state index contributed by atoms with van der Waals surface area (Å²) in [6.07, 6.45) is 1.54. The first-order chi connectivity index (χ1) is 8.21. The largest absolute Gasteiger partial charge is 0.377 e. The number of likely N-dealkylation sites (tertiary alicyclic amines) is 1. The van der Waals surface area contributed by atoms with Crippen molar-refractivity contribution in [3.8, 4) is 0 Å². The van der Waals surface area contributed by atoms with Gasteiger partial charge in [-0.05, 0) is 18.5 Å². The van der Waals surface area contributed by atoms with Crippen LogP contribution in [0.2, 0.25) is 0 Å². The third kappa shape index (κ3) is 4.76. The van der Waals surface area contributed by atoms with Crippen LogP contribution in [-0.4, -0.2) is 64.1 Å². The quantitative estimate of drug-likeness (QED) is 0.506. The van der Waals surface area contributed by atoms with E-state index in [-0.39, 0.29) is 12.2 Å². The van der Waals surface area contributed by atoms with Gasteiger partial charge >= 0.3 is 0 Å². The number of nitrogens with zero attached hydrogens (tertiary/aromatic N) is 1. The first-order valence-corrected chi connectivity index (χ1v) is 6.36. The minimum absolute atomic E-state index is 0.191. The summed E-state index contributed by atoms with van der Waals surface area (Å²) in [4.78, 5) is 2.35. The fourth-order valence-electron chi connectivity index (χ4n) is 2.21. The predicted molar refractivity (Wildman–Crippen MR) is 70.3 cm³/mol. The second kappa shape index (κ2) is 7.82. The summed E-state index contributed by atoms with van der Waals surface area (Å²) in [5.74, 6) is 0. The number of hydrogen-bond acceptors (Lipinski definition) is 4. The van der Waals surface area contributed by atoms with Crippen LogP contribution in [0.15, 0.2) is 12.2 Å². The minimum atomic E-state index is 0.191. The maximum atomic E-state index is 5.41. The van der Waals surface area contributed by atoms with E-state index in [2.05, 4.69) is 23.7 Å². The van der Waals surface area contributed by atoms with Gasteiger partial charge in [0.1, 0.15) is 0 Å². The van der Waals surface area contributed by atoms with E-state index < -0.39 is 0 Å². The van der Waals surface area contributed by atoms with Gasteiger partial charge in [0.05, 0.1) is 12.2 Å². The van der Waals surface area contributed by atoms with E-state index in [1.54, 1.807) is 14.2 Å². The van der Waals surface area contributed by atoms with Gasteiger partial charge in [-0.15, -0.1) is 0 Å². The standard InChI is InChI=1S/C13H26N2O2/c1-5-6-14-7-11(2)8-15-9-12(16-3)13(10-15)17-4/h12-14H,2,5-10H2,1,3-4H3. The molecule has 0 bridgehead atoms. The van der Waals surface area contributed by atoms with Gasteiger partial charge in [-0.25, -0.2) is 0 Å². The first-order valence-electron chi connectivity index (χ1n) is 6.36. The average molecular weight is 242 g/mol. The summed E-state index contributed by atoms with van der Waals surface area (Å²) in [5, 5.41) is 3.37. The minimum Gasteiger partial charge on any atom is -0.377 e. The average Bonchev–Trinajstić information content (AvgIpc) is 2.71. The Morgan fingerprint density at radius 3 is 2.35 bits per heavy atom. The molecule has 1 heterocycles. The summed E-state index contributed by atoms with van der Waals surface area (Å²) in [7, 11) is 3.50. The van der Waals surface area contributed by atoms with E-state index >= 15 is 0 Å². The molecule has 2 unspecified atom stereocenters. The molecule has 1 fully saturated rings. The zero-order valence-corrected chi connectivity index (χ0v) is 11.4. The van der Waals surface area contributed by atoms with Crippen LogP contribution in [-0.2, 0) is 9.47 Å². The normalized spacial score (nSPS) is 25.4. The summed E-state index contributed by atoms with van der Waals surface area (Å²) in [6.45, 7) is 11.0. The Morgan fingerprint density at radius 1 is 1.29 bits per heavy atom. The van der Waals surface area contributed by atoms with Crippen molar-refractivity contribution in [2.24, 2.45) is 0 Å². The summed E-state index contributed by atoms with van der Waals surface area (Å²) < 4.78 is 10.8. The number of hydrogen-bond donors (Lipinski definition) is 1. The Balaban J connectivity index is 2.26. The Bertz CT molecular complexity index is 221. The highest BCUT2D eigenvalue weighted by atomic mass is 16.5. The SMILES string of the molecule is C=C(CNCCC)CN1CC(OC)C(OC)C1. The van der Waals surface area contributed by atoms with Crippen LogP contribution < -0.4 is 5.32 Å². The third-order valence-electron chi connectivity index (χ3n) is 3.15. The van der Waals surface area contributed by atoms with Gasteiger partial charge in [-0.1, -0.05) is 13.5 Å². The molecule has 1 aliphatic rings. The summed E-state index contributed by atoms with van der Waals surface area (Å²) in [5.41, 5.74) is 1.23. The van der Waals surface area contributed by atoms with Crippen molar-refractivity contribution in [1.29, 1.82) is 0 Å². The molecule has 17 heavy (non-hydrogen) atoms. The van der Waals surface area contributed by atoms with Crippen molar-refractivity contribution in [3.05, 3.63) is 12.2 Å². The number of methoxy groups -OCH3 is 2. The number of ether oxygens (including phenoxy) is 2. The zero-order valence-electron chi connectivity index (χ0n) is 11.4. The monoisotopic (exact) mass is 242 g/mol. The van der Waals surface area contributed by atoms with E-state index in [1.807, 2.05) is 0 Å². The van der Waals surface area contributed by atoms with Gasteiger partial charge in [0.2, 0.25) is 0 Å². The van der Waals surface area contributed by atoms with Gasteiger partial charge in [0.15, 0.2) is 0 Å². The lowest BCUT2D eigenvalue weighted by Crippen LogP contribution is -2.28. The number of rotatable bonds is 8. The van der Waals surface area contributed by atoms with Crippen molar-refractivity contribution in [1.82, 2.24) is 10.2 Å². The molecule has 0 aromatic heterocycles. The molecule has 0 spiro atoms. The summed E-state index contributed by atoms with van der Waals surface area (Å²) >= 11 is 0. The maximum Gasteiger partial charge on any atom is 0.0971 e. The topological polar surface area (TPSA) is 33.7 Å². The lowest BCUT2D eigenvalue weighted by Gasteiger charge is -2.17. The predicted octanol–water partition coefficient (Wildman–Crippen LogP) is 0.888. The van der Waals surface area contributed by atoms with Crippen LogP contribution in [0.5, 0.6) is 0 Å². The molecule has 1 rings (SSSR count). The van der Waals surface area contributed by atoms with Crippen LogP contribution in [0.3, 0.4) is 0 Å². The maximum absolute atomic E-state index is 5.41. The summed E-state index contributed by atoms with van der Waals surface area (Å²) in [6, 6.07) is 0. The van der Waals surface area contributed by atoms with Crippen LogP contribution in [0.4, 0.5) is 0 Å². The Hall–Kier alpha value is -0.420. The van der Waals surface area contributed by atoms with Crippen LogP contribution in [0, 0.1) is 0 Å². The molecule has 1 N–H and O–H groups in total. The van der Waals surface area contributed by atoms with E-state index in [0.29, 0.717) is 0 Å². The van der Waals surface area contributed by atoms with E-state index in [1.165, 1.54) is 5.57 Å². The number of nitrogens with one attached hydrogen (secondary N) is 1. The van der Waals surface area contributed by atoms with Crippen LogP contribution in [0.25, 0.3) is 0 Å². The zero-order chi connectivity index (χ0) is 12.7. The van der Waals surface area contributed by atoms with Gasteiger partial charge in [-0.3, -0.25) is 4.90 Å². The third-order valence-corrected chi connectivity index (χ3v) is 3.15. The molecule has 0 amide bonds. The molecule has 100 valence electrons. The Labute approximate surface area is 105 Å². The van der Waals surface area contributed by atoms with Gasteiger partial charge < -0.3 is 14.8 Å². The molecule has 0 aliphatic carbocycles. The van der Waals surface area contributed by atoms with Crippen molar-refractivity contribution >= 4 is 0 Å². The molecule has 0 saturated carbocycles. The fraction of sp³-hybridized carbons (Fsp3) is 0.846. The molecule has 4 nitrogen and oxygen atoms in total. The molecule has 4 heteroatoms. The molecule has 2 atom stereocenters. The Morgan fingerprint density at radius 2 is 1.88 bits per heavy atom. The molecule has 1 aliphatic heterocycles. The molecule has 0 radical (unpaired) electrons. The fourth-order valence-corrected chi connectivity index (χ4v) is 2.21. The van der Waals surface area contributed by atoms with Gasteiger partial charge in [0, 0.05) is 40.4 Å². The Kier molecular flexibility index (Phi) is 6.73. The second-order valence-corrected chi connectivity index (χ2v) is 4.67. The lowest BCUT2D eigenvalue weighted by atomic mass is 10.3. The molecule has 0 aromatic carbocycles. The lowest BCUT2D eigenvalue weighted by molar-refractivity contribution is -0.00461. The molecular weight excluding hydrogens is 216 g/mol. The molecule has 1 saturated heterocycles. The smallest absolute Gasteiger partial charge is 0.0971 e. The molecule has 0 aromatic rings. The van der Waals surface area contributed by atoms with Crippen molar-refractivity contribution < 1.29 is 9.47 Å². The van der Waals surface area contributed by atoms with Crippen LogP contribution in [0.1, 0.15) is 13.3 Å². The van der Waals surface area contributed by atoms with Crippen molar-refractivity contribution in [2.75, 3.05) is 46.9 Å². The van der Waals surface area contributed by atoms with Crippen LogP contribution >= 0.6 is 0 Å². The van der Waals surface area contributed by atoms with E-state index in [9.17, 15) is 0 Å². The highest BCUT2D eigenvalue weighted by Crippen LogP contribution is 2.16. The first kappa shape index (κ1) is 14.6.